The monoisotopic (exact) mass is 302 g/mol. The zero-order valence-corrected chi connectivity index (χ0v) is 13.5. The minimum atomic E-state index is -0.453. The van der Waals surface area contributed by atoms with Crippen LogP contribution in [-0.4, -0.2) is 28.2 Å². The normalized spacial score (nSPS) is 53.5. The highest BCUT2D eigenvalue weighted by Gasteiger charge is 2.60. The van der Waals surface area contributed by atoms with Crippen molar-refractivity contribution in [3.05, 3.63) is 23.8 Å². The van der Waals surface area contributed by atoms with E-state index < -0.39 is 6.10 Å². The van der Waals surface area contributed by atoms with Crippen LogP contribution in [0, 0.1) is 28.6 Å². The fourth-order valence-electron chi connectivity index (χ4n) is 5.96. The maximum atomic E-state index is 12.9. The molecule has 4 aliphatic carbocycles. The molecule has 0 bridgehead atoms. The van der Waals surface area contributed by atoms with Gasteiger partial charge in [-0.3, -0.25) is 4.79 Å². The molecule has 22 heavy (non-hydrogen) atoms. The summed E-state index contributed by atoms with van der Waals surface area (Å²) < 4.78 is 0. The van der Waals surface area contributed by atoms with Gasteiger partial charge in [-0.1, -0.05) is 31.6 Å². The van der Waals surface area contributed by atoms with Gasteiger partial charge >= 0.3 is 0 Å². The first kappa shape index (κ1) is 14.6. The number of fused-ring (bicyclic) bond motifs is 5. The second-order valence-electron chi connectivity index (χ2n) is 8.36. The molecular weight excluding hydrogens is 276 g/mol. The van der Waals surface area contributed by atoms with E-state index in [-0.39, 0.29) is 28.6 Å². The van der Waals surface area contributed by atoms with Crippen LogP contribution in [0.5, 0.6) is 0 Å². The van der Waals surface area contributed by atoms with Crippen LogP contribution in [0.2, 0.25) is 0 Å². The second kappa shape index (κ2) is 4.55. The molecule has 2 saturated carbocycles. The van der Waals surface area contributed by atoms with Gasteiger partial charge in [-0.05, 0) is 55.4 Å². The van der Waals surface area contributed by atoms with Crippen LogP contribution < -0.4 is 0 Å². The van der Waals surface area contributed by atoms with E-state index in [1.165, 1.54) is 0 Å². The summed E-state index contributed by atoms with van der Waals surface area (Å²) in [5.74, 6) is 0.922. The molecule has 0 aliphatic heterocycles. The molecule has 0 aromatic carbocycles. The SMILES string of the molecule is C[C@]12C=CC(O)CC1=CC(=O)C1[C@H]2CC[C@]2(C)C(O)CC[C@@H]12. The summed E-state index contributed by atoms with van der Waals surface area (Å²) in [6.07, 6.45) is 9.56. The van der Waals surface area contributed by atoms with Crippen molar-refractivity contribution >= 4 is 5.78 Å². The molecule has 0 amide bonds. The third-order valence-electron chi connectivity index (χ3n) is 7.42. The van der Waals surface area contributed by atoms with Gasteiger partial charge in [0.2, 0.25) is 0 Å². The first-order valence-corrected chi connectivity index (χ1v) is 8.66. The predicted molar refractivity (Wildman–Crippen MR) is 84.0 cm³/mol. The smallest absolute Gasteiger partial charge is 0.159 e. The maximum absolute atomic E-state index is 12.9. The fourth-order valence-corrected chi connectivity index (χ4v) is 5.96. The molecule has 7 atom stereocenters. The van der Waals surface area contributed by atoms with E-state index in [4.69, 9.17) is 0 Å². The van der Waals surface area contributed by atoms with Gasteiger partial charge in [0.25, 0.3) is 0 Å². The third-order valence-corrected chi connectivity index (χ3v) is 7.42. The number of aliphatic hydroxyl groups is 2. The van der Waals surface area contributed by atoms with E-state index in [1.807, 2.05) is 12.2 Å². The number of hydrogen-bond donors (Lipinski definition) is 2. The Balaban J connectivity index is 1.78. The third kappa shape index (κ3) is 1.73. The lowest BCUT2D eigenvalue weighted by atomic mass is 9.49. The standard InChI is InChI=1S/C19H26O3/c1-18-7-5-12(20)9-11(18)10-15(21)17-13-3-4-16(22)19(13,2)8-6-14(17)18/h5,7,10,12-14,16-17,20,22H,3-4,6,8-9H2,1-2H3/t12?,13-,14+,16?,17?,18-,19-/m0/s1. The Morgan fingerprint density at radius 2 is 1.91 bits per heavy atom. The Bertz CT molecular complexity index is 577. The average molecular weight is 302 g/mol. The summed E-state index contributed by atoms with van der Waals surface area (Å²) in [4.78, 5) is 12.9. The van der Waals surface area contributed by atoms with Gasteiger partial charge in [-0.2, -0.15) is 0 Å². The van der Waals surface area contributed by atoms with Crippen molar-refractivity contribution in [2.24, 2.45) is 28.6 Å². The van der Waals surface area contributed by atoms with E-state index in [0.29, 0.717) is 18.3 Å². The highest BCUT2D eigenvalue weighted by Crippen LogP contribution is 2.63. The van der Waals surface area contributed by atoms with Crippen molar-refractivity contribution in [2.45, 2.75) is 58.2 Å². The number of allylic oxidation sites excluding steroid dienone is 2. The molecule has 3 heteroatoms. The molecule has 2 N–H and O–H groups in total. The largest absolute Gasteiger partial charge is 0.393 e. The molecule has 0 saturated heterocycles. The highest BCUT2D eigenvalue weighted by molar-refractivity contribution is 5.94. The number of aliphatic hydroxyl groups excluding tert-OH is 2. The lowest BCUT2D eigenvalue weighted by Gasteiger charge is -2.55. The number of carbonyl (C=O) groups excluding carboxylic acids is 1. The molecule has 0 aromatic rings. The second-order valence-corrected chi connectivity index (χ2v) is 8.36. The summed E-state index contributed by atoms with van der Waals surface area (Å²) in [6, 6.07) is 0. The Morgan fingerprint density at radius 3 is 2.68 bits per heavy atom. The number of carbonyl (C=O) groups is 1. The predicted octanol–water partition coefficient (Wildman–Crippen LogP) is 2.63. The summed E-state index contributed by atoms with van der Waals surface area (Å²) >= 11 is 0. The zero-order valence-electron chi connectivity index (χ0n) is 13.5. The van der Waals surface area contributed by atoms with E-state index in [1.54, 1.807) is 0 Å². The summed E-state index contributed by atoms with van der Waals surface area (Å²) in [5, 5.41) is 20.3. The quantitative estimate of drug-likeness (QED) is 0.676. The first-order chi connectivity index (χ1) is 10.4. The summed E-state index contributed by atoms with van der Waals surface area (Å²) in [5.41, 5.74) is 0.930. The Hall–Kier alpha value is -0.930. The molecule has 120 valence electrons. The average Bonchev–Trinajstić information content (AvgIpc) is 2.77. The van der Waals surface area contributed by atoms with Crippen molar-refractivity contribution < 1.29 is 15.0 Å². The maximum Gasteiger partial charge on any atom is 0.159 e. The van der Waals surface area contributed by atoms with Crippen molar-refractivity contribution in [3.8, 4) is 0 Å². The minimum Gasteiger partial charge on any atom is -0.393 e. The van der Waals surface area contributed by atoms with Crippen LogP contribution in [0.15, 0.2) is 23.8 Å². The van der Waals surface area contributed by atoms with Crippen molar-refractivity contribution in [2.75, 3.05) is 0 Å². The first-order valence-electron chi connectivity index (χ1n) is 8.66. The van der Waals surface area contributed by atoms with Gasteiger partial charge in [0, 0.05) is 11.3 Å². The van der Waals surface area contributed by atoms with Gasteiger partial charge in [0.15, 0.2) is 5.78 Å². The van der Waals surface area contributed by atoms with Crippen molar-refractivity contribution in [1.82, 2.24) is 0 Å². The van der Waals surface area contributed by atoms with Crippen LogP contribution in [0.1, 0.15) is 46.0 Å². The molecule has 0 radical (unpaired) electrons. The number of rotatable bonds is 0. The van der Waals surface area contributed by atoms with Gasteiger partial charge in [-0.25, -0.2) is 0 Å². The lowest BCUT2D eigenvalue weighted by Crippen LogP contribution is -2.53. The minimum absolute atomic E-state index is 0.0459. The molecule has 0 spiro atoms. The van der Waals surface area contributed by atoms with Crippen LogP contribution in [0.3, 0.4) is 0 Å². The molecule has 3 unspecified atom stereocenters. The highest BCUT2D eigenvalue weighted by atomic mass is 16.3. The zero-order chi connectivity index (χ0) is 15.7. The fraction of sp³-hybridized carbons (Fsp3) is 0.737. The topological polar surface area (TPSA) is 57.5 Å². The van der Waals surface area contributed by atoms with E-state index >= 15 is 0 Å². The molecule has 3 nitrogen and oxygen atoms in total. The van der Waals surface area contributed by atoms with Gasteiger partial charge in [-0.15, -0.1) is 0 Å². The summed E-state index contributed by atoms with van der Waals surface area (Å²) in [6.45, 7) is 4.42. The van der Waals surface area contributed by atoms with Gasteiger partial charge in [0.1, 0.15) is 0 Å². The summed E-state index contributed by atoms with van der Waals surface area (Å²) in [7, 11) is 0. The molecule has 4 aliphatic rings. The van der Waals surface area contributed by atoms with Crippen LogP contribution in [0.25, 0.3) is 0 Å². The number of ketones is 1. The molecular formula is C19H26O3. The van der Waals surface area contributed by atoms with Gasteiger partial charge < -0.3 is 10.2 Å². The molecule has 0 heterocycles. The van der Waals surface area contributed by atoms with Crippen LogP contribution >= 0.6 is 0 Å². The van der Waals surface area contributed by atoms with Gasteiger partial charge in [0.05, 0.1) is 12.2 Å². The van der Waals surface area contributed by atoms with E-state index in [2.05, 4.69) is 19.9 Å². The van der Waals surface area contributed by atoms with E-state index in [9.17, 15) is 15.0 Å². The lowest BCUT2D eigenvalue weighted by molar-refractivity contribution is -0.133. The van der Waals surface area contributed by atoms with E-state index in [0.717, 1.165) is 31.3 Å². The van der Waals surface area contributed by atoms with Crippen LogP contribution in [-0.2, 0) is 4.79 Å². The Morgan fingerprint density at radius 1 is 1.14 bits per heavy atom. The van der Waals surface area contributed by atoms with Crippen molar-refractivity contribution in [3.63, 3.8) is 0 Å². The molecule has 2 fully saturated rings. The Kier molecular flexibility index (Phi) is 3.03. The number of hydrogen-bond acceptors (Lipinski definition) is 3. The van der Waals surface area contributed by atoms with Crippen LogP contribution in [0.4, 0.5) is 0 Å². The Labute approximate surface area is 132 Å². The molecule has 4 rings (SSSR count). The molecule has 0 aromatic heterocycles. The van der Waals surface area contributed by atoms with Crippen molar-refractivity contribution in [1.29, 1.82) is 0 Å².